The molecule has 2 atom stereocenters. The molecule has 1 heterocycles. The predicted octanol–water partition coefficient (Wildman–Crippen LogP) is -0.760. The van der Waals surface area contributed by atoms with E-state index in [0.29, 0.717) is 0 Å². The Hall–Kier alpha value is -1.22. The first-order valence-corrected chi connectivity index (χ1v) is 7.05. The van der Waals surface area contributed by atoms with Crippen LogP contribution in [0.2, 0.25) is 0 Å². The summed E-state index contributed by atoms with van der Waals surface area (Å²) >= 11 is 0. The van der Waals surface area contributed by atoms with Crippen LogP contribution in [0.1, 0.15) is 41.5 Å². The Kier molecular flexibility index (Phi) is 4.94. The van der Waals surface area contributed by atoms with Gasteiger partial charge in [0.2, 0.25) is 0 Å². The van der Waals surface area contributed by atoms with Crippen LogP contribution in [0.4, 0.5) is 0 Å². The molecular weight excluding hydrogens is 292 g/mol. The summed E-state index contributed by atoms with van der Waals surface area (Å²) in [5.41, 5.74) is -1.15. The standard InChI is InChI=1S/C14H26N2O6/c1-11(2,3)15-9(17)13(19)7-22-14(20,8-21-13)10(18)16-12(4,5)6/h19-20H,7-8H2,1-6H3,(H,15,17)(H,16,18)/t13-,14+. The molecule has 0 bridgehead atoms. The van der Waals surface area contributed by atoms with Crippen molar-refractivity contribution in [1.29, 1.82) is 0 Å². The summed E-state index contributed by atoms with van der Waals surface area (Å²) in [6.07, 6.45) is 0. The molecule has 8 nitrogen and oxygen atoms in total. The molecule has 1 rings (SSSR count). The van der Waals surface area contributed by atoms with Crippen molar-refractivity contribution in [1.82, 2.24) is 10.6 Å². The van der Waals surface area contributed by atoms with E-state index in [-0.39, 0.29) is 0 Å². The summed E-state index contributed by atoms with van der Waals surface area (Å²) in [6, 6.07) is 0. The van der Waals surface area contributed by atoms with E-state index in [9.17, 15) is 19.8 Å². The van der Waals surface area contributed by atoms with E-state index in [4.69, 9.17) is 9.47 Å². The van der Waals surface area contributed by atoms with Crippen molar-refractivity contribution >= 4 is 11.8 Å². The summed E-state index contributed by atoms with van der Waals surface area (Å²) in [5, 5.41) is 25.4. The minimum atomic E-state index is -2.25. The van der Waals surface area contributed by atoms with Crippen molar-refractivity contribution in [3.63, 3.8) is 0 Å². The van der Waals surface area contributed by atoms with E-state index in [2.05, 4.69) is 10.6 Å². The van der Waals surface area contributed by atoms with Gasteiger partial charge in [-0.15, -0.1) is 0 Å². The van der Waals surface area contributed by atoms with Gasteiger partial charge in [-0.05, 0) is 41.5 Å². The van der Waals surface area contributed by atoms with E-state index in [1.165, 1.54) is 0 Å². The van der Waals surface area contributed by atoms with Crippen molar-refractivity contribution in [2.45, 2.75) is 64.2 Å². The highest BCUT2D eigenvalue weighted by atomic mass is 16.7. The molecule has 0 aliphatic carbocycles. The third-order valence-electron chi connectivity index (χ3n) is 2.70. The number of amides is 2. The molecule has 1 fully saturated rings. The quantitative estimate of drug-likeness (QED) is 0.532. The molecule has 1 aliphatic rings. The van der Waals surface area contributed by atoms with Crippen molar-refractivity contribution in [2.75, 3.05) is 13.2 Å². The maximum atomic E-state index is 12.0. The fourth-order valence-electron chi connectivity index (χ4n) is 1.66. The molecule has 22 heavy (non-hydrogen) atoms. The summed E-state index contributed by atoms with van der Waals surface area (Å²) < 4.78 is 10.1. The number of rotatable bonds is 2. The third kappa shape index (κ3) is 4.91. The van der Waals surface area contributed by atoms with Crippen molar-refractivity contribution in [3.05, 3.63) is 0 Å². The molecule has 128 valence electrons. The molecule has 0 saturated carbocycles. The van der Waals surface area contributed by atoms with Gasteiger partial charge in [-0.25, -0.2) is 0 Å². The lowest BCUT2D eigenvalue weighted by molar-refractivity contribution is -0.338. The SMILES string of the molecule is CC(C)(C)NC(=O)[C@@]1(O)CO[C@](O)(C(=O)NC(C)(C)C)CO1. The highest BCUT2D eigenvalue weighted by Crippen LogP contribution is 2.24. The van der Waals surface area contributed by atoms with Crippen LogP contribution in [-0.4, -0.2) is 57.9 Å². The molecule has 0 aromatic carbocycles. The Morgan fingerprint density at radius 3 is 1.27 bits per heavy atom. The third-order valence-corrected chi connectivity index (χ3v) is 2.70. The van der Waals surface area contributed by atoms with Gasteiger partial charge in [0, 0.05) is 11.1 Å². The van der Waals surface area contributed by atoms with Crippen LogP contribution < -0.4 is 10.6 Å². The highest BCUT2D eigenvalue weighted by Gasteiger charge is 2.52. The molecule has 4 N–H and O–H groups in total. The van der Waals surface area contributed by atoms with Gasteiger partial charge in [0.05, 0.1) is 0 Å². The molecule has 0 radical (unpaired) electrons. The largest absolute Gasteiger partial charge is 0.356 e. The zero-order valence-corrected chi connectivity index (χ0v) is 13.9. The van der Waals surface area contributed by atoms with E-state index in [0.717, 1.165) is 0 Å². The highest BCUT2D eigenvalue weighted by molar-refractivity contribution is 5.86. The first-order chi connectivity index (χ1) is 9.67. The van der Waals surface area contributed by atoms with E-state index in [1.807, 2.05) is 0 Å². The maximum Gasteiger partial charge on any atom is 0.283 e. The van der Waals surface area contributed by atoms with Crippen LogP contribution in [-0.2, 0) is 19.1 Å². The molecule has 0 spiro atoms. The van der Waals surface area contributed by atoms with E-state index >= 15 is 0 Å². The van der Waals surface area contributed by atoms with Gasteiger partial charge >= 0.3 is 0 Å². The monoisotopic (exact) mass is 318 g/mol. The lowest BCUT2D eigenvalue weighted by Crippen LogP contribution is -2.66. The van der Waals surface area contributed by atoms with Crippen LogP contribution in [0.25, 0.3) is 0 Å². The molecule has 0 aromatic heterocycles. The molecular formula is C14H26N2O6. The first-order valence-electron chi connectivity index (χ1n) is 7.05. The molecule has 1 saturated heterocycles. The first kappa shape index (κ1) is 18.8. The van der Waals surface area contributed by atoms with Gasteiger partial charge in [0.25, 0.3) is 23.4 Å². The number of carbonyl (C=O) groups is 2. The number of hydrogen-bond acceptors (Lipinski definition) is 6. The van der Waals surface area contributed by atoms with Crippen LogP contribution in [0, 0.1) is 0 Å². The van der Waals surface area contributed by atoms with E-state index in [1.54, 1.807) is 41.5 Å². The number of aliphatic hydroxyl groups is 2. The van der Waals surface area contributed by atoms with Crippen molar-refractivity contribution < 1.29 is 29.3 Å². The van der Waals surface area contributed by atoms with Crippen LogP contribution in [0.5, 0.6) is 0 Å². The van der Waals surface area contributed by atoms with Crippen LogP contribution in [0.3, 0.4) is 0 Å². The second-order valence-corrected chi connectivity index (χ2v) is 7.55. The second-order valence-electron chi connectivity index (χ2n) is 7.55. The van der Waals surface area contributed by atoms with Crippen molar-refractivity contribution in [3.8, 4) is 0 Å². The fraction of sp³-hybridized carbons (Fsp3) is 0.857. The maximum absolute atomic E-state index is 12.0. The average molecular weight is 318 g/mol. The predicted molar refractivity (Wildman–Crippen MR) is 77.6 cm³/mol. The minimum Gasteiger partial charge on any atom is -0.356 e. The van der Waals surface area contributed by atoms with Gasteiger partial charge in [0.15, 0.2) is 0 Å². The number of hydrogen-bond donors (Lipinski definition) is 4. The van der Waals surface area contributed by atoms with Gasteiger partial charge in [-0.3, -0.25) is 9.59 Å². The normalized spacial score (nSPS) is 29.8. The zero-order chi connectivity index (χ0) is 17.4. The summed E-state index contributed by atoms with van der Waals surface area (Å²) in [5.74, 6) is -6.08. The lowest BCUT2D eigenvalue weighted by atomic mass is 10.1. The van der Waals surface area contributed by atoms with Crippen LogP contribution in [0.15, 0.2) is 0 Å². The molecule has 8 heteroatoms. The smallest absolute Gasteiger partial charge is 0.283 e. The minimum absolute atomic E-state index is 0.576. The average Bonchev–Trinajstić information content (AvgIpc) is 2.29. The van der Waals surface area contributed by atoms with Gasteiger partial charge in [0.1, 0.15) is 13.2 Å². The molecule has 0 aromatic rings. The van der Waals surface area contributed by atoms with Gasteiger partial charge in [-0.1, -0.05) is 0 Å². The van der Waals surface area contributed by atoms with Crippen LogP contribution >= 0.6 is 0 Å². The Labute approximate surface area is 130 Å². The van der Waals surface area contributed by atoms with Crippen molar-refractivity contribution in [2.24, 2.45) is 0 Å². The van der Waals surface area contributed by atoms with Gasteiger partial charge in [-0.2, -0.15) is 0 Å². The van der Waals surface area contributed by atoms with Gasteiger partial charge < -0.3 is 30.3 Å². The number of carbonyl (C=O) groups excluding carboxylic acids is 2. The Morgan fingerprint density at radius 2 is 1.09 bits per heavy atom. The Morgan fingerprint density at radius 1 is 0.818 bits per heavy atom. The molecule has 1 aliphatic heterocycles. The fourth-order valence-corrected chi connectivity index (χ4v) is 1.66. The lowest BCUT2D eigenvalue weighted by Gasteiger charge is -2.40. The Balaban J connectivity index is 2.72. The van der Waals surface area contributed by atoms with E-state index < -0.39 is 47.7 Å². The summed E-state index contributed by atoms with van der Waals surface area (Å²) in [4.78, 5) is 24.0. The zero-order valence-electron chi connectivity index (χ0n) is 13.9. The Bertz CT molecular complexity index is 399. The molecule has 2 amide bonds. The second kappa shape index (κ2) is 5.77. The number of ether oxygens (including phenoxy) is 2. The summed E-state index contributed by atoms with van der Waals surface area (Å²) in [6.45, 7) is 9.12. The molecule has 0 unspecified atom stereocenters. The summed E-state index contributed by atoms with van der Waals surface area (Å²) in [7, 11) is 0. The topological polar surface area (TPSA) is 117 Å². The number of nitrogens with one attached hydrogen (secondary N) is 2.